The number of nitrogens with zero attached hydrogens (tertiary/aromatic N) is 1. The van der Waals surface area contributed by atoms with Crippen molar-refractivity contribution in [2.75, 3.05) is 26.0 Å². The van der Waals surface area contributed by atoms with Gasteiger partial charge in [-0.05, 0) is 25.6 Å². The molecule has 2 heterocycles. The van der Waals surface area contributed by atoms with Crippen molar-refractivity contribution >= 4 is 23.1 Å². The summed E-state index contributed by atoms with van der Waals surface area (Å²) in [7, 11) is 3.24. The van der Waals surface area contributed by atoms with Crippen molar-refractivity contribution in [3.63, 3.8) is 0 Å². The van der Waals surface area contributed by atoms with Crippen LogP contribution in [0.1, 0.15) is 16.7 Å². The number of nitrogens with one attached hydrogen (secondary N) is 1. The van der Waals surface area contributed by atoms with Crippen molar-refractivity contribution in [1.29, 1.82) is 0 Å². The minimum absolute atomic E-state index is 0.140. The number of aryl methyl sites for hydroxylation is 1. The maximum Gasteiger partial charge on any atom is 0.335 e. The molecule has 4 rings (SSSR count). The van der Waals surface area contributed by atoms with E-state index >= 15 is 0 Å². The molecule has 5 nitrogen and oxygen atoms in total. The van der Waals surface area contributed by atoms with Gasteiger partial charge in [0, 0.05) is 23.4 Å². The van der Waals surface area contributed by atoms with Crippen LogP contribution in [0.3, 0.4) is 0 Å². The summed E-state index contributed by atoms with van der Waals surface area (Å²) < 4.78 is 5.03. The van der Waals surface area contributed by atoms with E-state index in [9.17, 15) is 9.59 Å². The van der Waals surface area contributed by atoms with Gasteiger partial charge >= 0.3 is 5.97 Å². The molecule has 26 heavy (non-hydrogen) atoms. The average Bonchev–Trinajstić information content (AvgIpc) is 3.11. The largest absolute Gasteiger partial charge is 0.466 e. The van der Waals surface area contributed by atoms with E-state index in [1.807, 2.05) is 67.4 Å². The summed E-state index contributed by atoms with van der Waals surface area (Å²) in [6.45, 7) is 2.34. The predicted molar refractivity (Wildman–Crippen MR) is 99.5 cm³/mol. The van der Waals surface area contributed by atoms with E-state index in [4.69, 9.17) is 4.74 Å². The van der Waals surface area contributed by atoms with Gasteiger partial charge in [-0.3, -0.25) is 9.69 Å². The summed E-state index contributed by atoms with van der Waals surface area (Å²) in [6, 6.07) is 15.5. The van der Waals surface area contributed by atoms with E-state index in [1.54, 1.807) is 0 Å². The third kappa shape index (κ3) is 2.07. The standard InChI is InChI=1S/C21H20N2O3/c1-13-9-10-17-16(11-13)21(20(25)22-17)18(14-7-5-4-6-8-14)15(12-23(21)2)19(24)26-3/h4-11H,12H2,1-3H3,(H,22,25)/t21-/m0/s1. The molecule has 1 N–H and O–H groups in total. The number of rotatable bonds is 2. The van der Waals surface area contributed by atoms with E-state index in [1.165, 1.54) is 7.11 Å². The number of amides is 1. The highest BCUT2D eigenvalue weighted by Crippen LogP contribution is 2.53. The number of esters is 1. The molecule has 132 valence electrons. The van der Waals surface area contributed by atoms with E-state index in [0.29, 0.717) is 17.7 Å². The monoisotopic (exact) mass is 348 g/mol. The second kappa shape index (κ2) is 5.81. The number of carbonyl (C=O) groups excluding carboxylic acids is 2. The summed E-state index contributed by atoms with van der Waals surface area (Å²) in [5.41, 5.74) is 3.76. The fraction of sp³-hybridized carbons (Fsp3) is 0.238. The van der Waals surface area contributed by atoms with Crippen molar-refractivity contribution in [1.82, 2.24) is 4.90 Å². The summed E-state index contributed by atoms with van der Waals surface area (Å²) in [6.07, 6.45) is 0. The Labute approximate surface area is 152 Å². The van der Waals surface area contributed by atoms with Crippen molar-refractivity contribution in [2.24, 2.45) is 0 Å². The summed E-state index contributed by atoms with van der Waals surface area (Å²) >= 11 is 0. The molecule has 2 aromatic rings. The van der Waals surface area contributed by atoms with Crippen LogP contribution in [0.2, 0.25) is 0 Å². The van der Waals surface area contributed by atoms with E-state index in [0.717, 1.165) is 22.4 Å². The van der Waals surface area contributed by atoms with Gasteiger partial charge in [0.25, 0.3) is 5.91 Å². The Kier molecular flexibility index (Phi) is 3.70. The minimum Gasteiger partial charge on any atom is -0.466 e. The SMILES string of the molecule is COC(=O)C1=C(c2ccccc2)[C@@]2(C(=O)Nc3ccc(C)cc32)N(C)C1. The van der Waals surface area contributed by atoms with Gasteiger partial charge in [-0.2, -0.15) is 0 Å². The Morgan fingerprint density at radius 2 is 1.92 bits per heavy atom. The van der Waals surface area contributed by atoms with Crippen molar-refractivity contribution in [2.45, 2.75) is 12.5 Å². The van der Waals surface area contributed by atoms with Gasteiger partial charge in [0.15, 0.2) is 5.54 Å². The lowest BCUT2D eigenvalue weighted by Crippen LogP contribution is -2.46. The second-order valence-electron chi connectivity index (χ2n) is 6.78. The lowest BCUT2D eigenvalue weighted by molar-refractivity contribution is -0.136. The van der Waals surface area contributed by atoms with Gasteiger partial charge in [-0.1, -0.05) is 48.0 Å². The normalized spacial score (nSPS) is 21.9. The summed E-state index contributed by atoms with van der Waals surface area (Å²) in [5.74, 6) is -0.542. The van der Waals surface area contributed by atoms with E-state index < -0.39 is 11.5 Å². The molecule has 0 radical (unpaired) electrons. The molecule has 1 spiro atoms. The zero-order valence-electron chi connectivity index (χ0n) is 15.0. The molecule has 0 aromatic heterocycles. The average molecular weight is 348 g/mol. The molecule has 2 aliphatic heterocycles. The van der Waals surface area contributed by atoms with Crippen LogP contribution in [0.4, 0.5) is 5.69 Å². The van der Waals surface area contributed by atoms with Crippen molar-refractivity contribution in [3.8, 4) is 0 Å². The number of methoxy groups -OCH3 is 1. The molecular formula is C21H20N2O3. The molecule has 5 heteroatoms. The van der Waals surface area contributed by atoms with Gasteiger partial charge in [-0.25, -0.2) is 4.79 Å². The Morgan fingerprint density at radius 1 is 1.19 bits per heavy atom. The molecular weight excluding hydrogens is 328 g/mol. The van der Waals surface area contributed by atoms with E-state index in [-0.39, 0.29) is 5.91 Å². The maximum atomic E-state index is 13.3. The lowest BCUT2D eigenvalue weighted by atomic mass is 9.79. The number of fused-ring (bicyclic) bond motifs is 2. The first kappa shape index (κ1) is 16.5. The van der Waals surface area contributed by atoms with Gasteiger partial charge in [0.1, 0.15) is 0 Å². The van der Waals surface area contributed by atoms with Crippen LogP contribution in [0.5, 0.6) is 0 Å². The smallest absolute Gasteiger partial charge is 0.335 e. The highest BCUT2D eigenvalue weighted by Gasteiger charge is 2.58. The first-order chi connectivity index (χ1) is 12.5. The molecule has 1 amide bonds. The number of likely N-dealkylation sites (N-methyl/N-ethyl adjacent to an activating group) is 1. The molecule has 0 unspecified atom stereocenters. The molecule has 0 saturated carbocycles. The lowest BCUT2D eigenvalue weighted by Gasteiger charge is -2.33. The number of hydrogen-bond acceptors (Lipinski definition) is 4. The Balaban J connectivity index is 2.07. The van der Waals surface area contributed by atoms with Crippen LogP contribution >= 0.6 is 0 Å². The maximum absolute atomic E-state index is 13.3. The van der Waals surface area contributed by atoms with Crippen LogP contribution in [-0.2, 0) is 19.9 Å². The fourth-order valence-electron chi connectivity index (χ4n) is 4.15. The number of ether oxygens (including phenoxy) is 1. The highest BCUT2D eigenvalue weighted by atomic mass is 16.5. The first-order valence-electron chi connectivity index (χ1n) is 8.51. The van der Waals surface area contributed by atoms with Crippen molar-refractivity contribution in [3.05, 3.63) is 70.8 Å². The van der Waals surface area contributed by atoms with Gasteiger partial charge < -0.3 is 10.1 Å². The fourth-order valence-corrected chi connectivity index (χ4v) is 4.15. The molecule has 0 bridgehead atoms. The third-order valence-corrected chi connectivity index (χ3v) is 5.27. The first-order valence-corrected chi connectivity index (χ1v) is 8.51. The van der Waals surface area contributed by atoms with E-state index in [2.05, 4.69) is 5.32 Å². The van der Waals surface area contributed by atoms with Gasteiger partial charge in [0.2, 0.25) is 0 Å². The molecule has 2 aliphatic rings. The Bertz CT molecular complexity index is 949. The van der Waals surface area contributed by atoms with Crippen molar-refractivity contribution < 1.29 is 14.3 Å². The van der Waals surface area contributed by atoms with Crippen LogP contribution < -0.4 is 5.32 Å². The quantitative estimate of drug-likeness (QED) is 0.848. The molecule has 2 aromatic carbocycles. The number of carbonyl (C=O) groups is 2. The van der Waals surface area contributed by atoms with Gasteiger partial charge in [0.05, 0.1) is 12.7 Å². The van der Waals surface area contributed by atoms with Crippen LogP contribution in [-0.4, -0.2) is 37.5 Å². The topological polar surface area (TPSA) is 58.6 Å². The predicted octanol–water partition coefficient (Wildman–Crippen LogP) is 2.71. The summed E-state index contributed by atoms with van der Waals surface area (Å²) in [5, 5.41) is 3.00. The van der Waals surface area contributed by atoms with Crippen LogP contribution in [0, 0.1) is 6.92 Å². The van der Waals surface area contributed by atoms with Crippen LogP contribution in [0.15, 0.2) is 54.1 Å². The molecule has 1 atom stereocenters. The molecule has 0 saturated heterocycles. The minimum atomic E-state index is -1.04. The Hall–Kier alpha value is -2.92. The highest BCUT2D eigenvalue weighted by molar-refractivity contribution is 6.18. The second-order valence-corrected chi connectivity index (χ2v) is 6.78. The summed E-state index contributed by atoms with van der Waals surface area (Å²) in [4.78, 5) is 27.7. The zero-order valence-corrected chi connectivity index (χ0v) is 15.0. The van der Waals surface area contributed by atoms with Gasteiger partial charge in [-0.15, -0.1) is 0 Å². The van der Waals surface area contributed by atoms with Crippen LogP contribution in [0.25, 0.3) is 5.57 Å². The third-order valence-electron chi connectivity index (χ3n) is 5.27. The molecule has 0 aliphatic carbocycles. The zero-order chi connectivity index (χ0) is 18.5. The molecule has 0 fully saturated rings. The number of benzene rings is 2. The number of hydrogen-bond donors (Lipinski definition) is 1. The number of anilines is 1. The Morgan fingerprint density at radius 3 is 2.62 bits per heavy atom.